The molecule has 0 fully saturated rings. The summed E-state index contributed by atoms with van der Waals surface area (Å²) < 4.78 is 52.3. The molecular weight excluding hydrogens is 344 g/mol. The molecule has 0 radical (unpaired) electrons. The molecule has 0 heterocycles. The first-order chi connectivity index (χ1) is 12.4. The molecule has 0 atom stereocenters. The Bertz CT molecular complexity index is 1020. The highest BCUT2D eigenvalue weighted by molar-refractivity contribution is 6.09. The zero-order valence-corrected chi connectivity index (χ0v) is 13.2. The van der Waals surface area contributed by atoms with Crippen LogP contribution in [0.25, 0.3) is 0 Å². The predicted molar refractivity (Wildman–Crippen MR) is 88.6 cm³/mol. The van der Waals surface area contributed by atoms with E-state index in [4.69, 9.17) is 0 Å². The third-order valence-corrected chi connectivity index (χ3v) is 3.57. The van der Waals surface area contributed by atoms with Crippen molar-refractivity contribution in [2.24, 2.45) is 0 Å². The van der Waals surface area contributed by atoms with Gasteiger partial charge in [-0.25, -0.2) is 17.6 Å². The maximum absolute atomic E-state index is 13.2. The summed E-state index contributed by atoms with van der Waals surface area (Å²) in [7, 11) is 0. The minimum absolute atomic E-state index is 0.0309. The lowest BCUT2D eigenvalue weighted by Crippen LogP contribution is -2.01. The molecule has 5 heteroatoms. The fourth-order valence-electron chi connectivity index (χ4n) is 2.28. The first-order valence-electron chi connectivity index (χ1n) is 7.51. The van der Waals surface area contributed by atoms with Gasteiger partial charge in [-0.15, -0.1) is 0 Å². The molecule has 0 spiro atoms. The highest BCUT2D eigenvalue weighted by Crippen LogP contribution is 2.14. The van der Waals surface area contributed by atoms with Crippen molar-refractivity contribution in [3.8, 4) is 11.8 Å². The molecule has 0 saturated heterocycles. The Morgan fingerprint density at radius 1 is 0.692 bits per heavy atom. The van der Waals surface area contributed by atoms with E-state index in [1.165, 1.54) is 30.3 Å². The van der Waals surface area contributed by atoms with Gasteiger partial charge in [-0.2, -0.15) is 0 Å². The van der Waals surface area contributed by atoms with Crippen molar-refractivity contribution in [3.05, 3.63) is 106 Å². The van der Waals surface area contributed by atoms with Gasteiger partial charge in [-0.05, 0) is 48.5 Å². The number of rotatable bonds is 2. The van der Waals surface area contributed by atoms with Crippen molar-refractivity contribution >= 4 is 5.78 Å². The molecule has 0 bridgehead atoms. The Hall–Kier alpha value is -3.39. The van der Waals surface area contributed by atoms with Gasteiger partial charge in [0.25, 0.3) is 0 Å². The SMILES string of the molecule is O=C(c1ccc(F)cc1)c1cccc(C#Cc2cc(F)c(F)c(F)c2)c1. The first kappa shape index (κ1) is 17.4. The minimum atomic E-state index is -1.55. The van der Waals surface area contributed by atoms with E-state index >= 15 is 0 Å². The molecule has 0 unspecified atom stereocenters. The van der Waals surface area contributed by atoms with Gasteiger partial charge in [0.2, 0.25) is 0 Å². The molecule has 1 nitrogen and oxygen atoms in total. The molecule has 0 aliphatic carbocycles. The second-order valence-corrected chi connectivity index (χ2v) is 5.42. The number of benzene rings is 3. The number of carbonyl (C=O) groups excluding carboxylic acids is 1. The minimum Gasteiger partial charge on any atom is -0.289 e. The van der Waals surface area contributed by atoms with Gasteiger partial charge in [0, 0.05) is 22.3 Å². The Labute approximate surface area is 146 Å². The van der Waals surface area contributed by atoms with Crippen LogP contribution in [0.3, 0.4) is 0 Å². The van der Waals surface area contributed by atoms with Crippen LogP contribution < -0.4 is 0 Å². The molecule has 0 saturated carbocycles. The molecule has 0 aliphatic heterocycles. The summed E-state index contributed by atoms with van der Waals surface area (Å²) in [6.07, 6.45) is 0. The summed E-state index contributed by atoms with van der Waals surface area (Å²) in [5.74, 6) is 0.239. The summed E-state index contributed by atoms with van der Waals surface area (Å²) in [6, 6.07) is 13.0. The van der Waals surface area contributed by atoms with Gasteiger partial charge in [-0.1, -0.05) is 24.0 Å². The maximum atomic E-state index is 13.2. The molecular formula is C21H10F4O. The van der Waals surface area contributed by atoms with Crippen LogP contribution >= 0.6 is 0 Å². The van der Waals surface area contributed by atoms with Crippen LogP contribution in [0.1, 0.15) is 27.0 Å². The van der Waals surface area contributed by atoms with Crippen LogP contribution in [-0.2, 0) is 0 Å². The van der Waals surface area contributed by atoms with E-state index in [1.54, 1.807) is 18.2 Å². The van der Waals surface area contributed by atoms with Gasteiger partial charge in [-0.3, -0.25) is 4.79 Å². The van der Waals surface area contributed by atoms with Crippen molar-refractivity contribution < 1.29 is 22.4 Å². The van der Waals surface area contributed by atoms with Crippen LogP contribution in [0.15, 0.2) is 60.7 Å². The second kappa shape index (κ2) is 7.24. The largest absolute Gasteiger partial charge is 0.289 e. The summed E-state index contributed by atoms with van der Waals surface area (Å²) in [5, 5.41) is 0. The number of hydrogen-bond donors (Lipinski definition) is 0. The van der Waals surface area contributed by atoms with Crippen molar-refractivity contribution in [2.45, 2.75) is 0 Å². The lowest BCUT2D eigenvalue weighted by molar-refractivity contribution is 0.103. The number of ketones is 1. The molecule has 3 aromatic rings. The summed E-state index contributed by atoms with van der Waals surface area (Å²) in [5.41, 5.74) is 1.05. The van der Waals surface area contributed by atoms with E-state index in [0.717, 1.165) is 12.1 Å². The lowest BCUT2D eigenvalue weighted by Gasteiger charge is -2.02. The van der Waals surface area contributed by atoms with Gasteiger partial charge in [0.05, 0.1) is 0 Å². The lowest BCUT2D eigenvalue weighted by atomic mass is 10.0. The van der Waals surface area contributed by atoms with Crippen LogP contribution in [0, 0.1) is 35.1 Å². The molecule has 0 N–H and O–H groups in total. The molecule has 128 valence electrons. The van der Waals surface area contributed by atoms with Gasteiger partial charge in [0.1, 0.15) is 5.82 Å². The molecule has 0 aromatic heterocycles. The quantitative estimate of drug-likeness (QED) is 0.278. The third-order valence-electron chi connectivity index (χ3n) is 3.57. The van der Waals surface area contributed by atoms with Crippen molar-refractivity contribution in [1.29, 1.82) is 0 Å². The molecule has 3 rings (SSSR count). The topological polar surface area (TPSA) is 17.1 Å². The Morgan fingerprint density at radius 3 is 1.96 bits per heavy atom. The summed E-state index contributed by atoms with van der Waals surface area (Å²) in [6.45, 7) is 0. The molecule has 0 aliphatic rings. The van der Waals surface area contributed by atoms with Crippen LogP contribution in [-0.4, -0.2) is 5.78 Å². The average molecular weight is 354 g/mol. The van der Waals surface area contributed by atoms with E-state index in [-0.39, 0.29) is 11.3 Å². The predicted octanol–water partition coefficient (Wildman–Crippen LogP) is 4.87. The average Bonchev–Trinajstić information content (AvgIpc) is 2.64. The Kier molecular flexibility index (Phi) is 4.85. The Morgan fingerprint density at radius 2 is 1.31 bits per heavy atom. The van der Waals surface area contributed by atoms with Gasteiger partial charge < -0.3 is 0 Å². The van der Waals surface area contributed by atoms with E-state index in [9.17, 15) is 22.4 Å². The molecule has 26 heavy (non-hydrogen) atoms. The van der Waals surface area contributed by atoms with Crippen molar-refractivity contribution in [2.75, 3.05) is 0 Å². The molecule has 3 aromatic carbocycles. The molecule has 0 amide bonds. The smallest absolute Gasteiger partial charge is 0.194 e. The second-order valence-electron chi connectivity index (χ2n) is 5.42. The number of hydrogen-bond acceptors (Lipinski definition) is 1. The Balaban J connectivity index is 1.89. The fraction of sp³-hybridized carbons (Fsp3) is 0. The van der Waals surface area contributed by atoms with E-state index in [0.29, 0.717) is 16.7 Å². The normalized spacial score (nSPS) is 10.2. The summed E-state index contributed by atoms with van der Waals surface area (Å²) in [4.78, 5) is 12.4. The van der Waals surface area contributed by atoms with Crippen LogP contribution in [0.5, 0.6) is 0 Å². The van der Waals surface area contributed by atoms with Crippen molar-refractivity contribution in [3.63, 3.8) is 0 Å². The number of halogens is 4. The standard InChI is InChI=1S/C21H10F4O/c22-17-8-6-15(7-9-17)21(26)16-3-1-2-13(10-16)4-5-14-11-18(23)20(25)19(24)12-14/h1-3,6-12H. The van der Waals surface area contributed by atoms with Gasteiger partial charge in [0.15, 0.2) is 23.2 Å². The maximum Gasteiger partial charge on any atom is 0.194 e. The van der Waals surface area contributed by atoms with E-state index in [1.807, 2.05) is 0 Å². The van der Waals surface area contributed by atoms with Crippen molar-refractivity contribution in [1.82, 2.24) is 0 Å². The third kappa shape index (κ3) is 3.81. The van der Waals surface area contributed by atoms with Crippen LogP contribution in [0.4, 0.5) is 17.6 Å². The van der Waals surface area contributed by atoms with E-state index in [2.05, 4.69) is 11.8 Å². The highest BCUT2D eigenvalue weighted by Gasteiger charge is 2.10. The number of carbonyl (C=O) groups is 1. The van der Waals surface area contributed by atoms with Crippen LogP contribution in [0.2, 0.25) is 0 Å². The van der Waals surface area contributed by atoms with E-state index < -0.39 is 23.3 Å². The highest BCUT2D eigenvalue weighted by atomic mass is 19.2. The zero-order chi connectivity index (χ0) is 18.7. The summed E-state index contributed by atoms with van der Waals surface area (Å²) >= 11 is 0. The monoisotopic (exact) mass is 354 g/mol. The first-order valence-corrected chi connectivity index (χ1v) is 7.51. The van der Waals surface area contributed by atoms with Gasteiger partial charge >= 0.3 is 0 Å². The fourth-order valence-corrected chi connectivity index (χ4v) is 2.28. The zero-order valence-electron chi connectivity index (χ0n) is 13.2.